The molecule has 0 saturated carbocycles. The number of nitrogens with zero attached hydrogens (tertiary/aromatic N) is 1. The first-order chi connectivity index (χ1) is 6.80. The monoisotopic (exact) mass is 238 g/mol. The molecular weight excluding hydrogens is 227 g/mol. The van der Waals surface area contributed by atoms with E-state index in [0.717, 1.165) is 14.1 Å². The SMILES string of the molecule is C[N+](C)=[S@](=O)(c1ccccc1)C(F)(F)F. The molecule has 0 saturated heterocycles. The van der Waals surface area contributed by atoms with Gasteiger partial charge >= 0.3 is 5.51 Å². The molecule has 0 aliphatic rings. The van der Waals surface area contributed by atoms with E-state index in [1.54, 1.807) is 6.07 Å². The van der Waals surface area contributed by atoms with Crippen molar-refractivity contribution in [1.29, 1.82) is 0 Å². The standard InChI is InChI=1S/C9H11F3NOS/c1-13(2)15(14,9(10,11)12)8-6-4-3-5-7-8/h3-7H,1-2H3/q+1/t15-/m0/s1. The second kappa shape index (κ2) is 3.84. The van der Waals surface area contributed by atoms with Crippen LogP contribution in [0, 0.1) is 0 Å². The summed E-state index contributed by atoms with van der Waals surface area (Å²) in [7, 11) is -1.86. The van der Waals surface area contributed by atoms with E-state index in [0.29, 0.717) is 3.95 Å². The molecule has 6 heteroatoms. The minimum atomic E-state index is -4.77. The number of hydrogen-bond acceptors (Lipinski definition) is 1. The Balaban J connectivity index is 3.57. The second-order valence-corrected chi connectivity index (χ2v) is 5.81. The van der Waals surface area contributed by atoms with Gasteiger partial charge in [-0.25, -0.2) is 0 Å². The summed E-state index contributed by atoms with van der Waals surface area (Å²) in [5, 5.41) is 0. The van der Waals surface area contributed by atoms with E-state index in [4.69, 9.17) is 0 Å². The highest BCUT2D eigenvalue weighted by molar-refractivity contribution is 7.92. The van der Waals surface area contributed by atoms with Crippen LogP contribution in [0.1, 0.15) is 0 Å². The van der Waals surface area contributed by atoms with Crippen LogP contribution in [0.4, 0.5) is 13.2 Å². The number of rotatable bonds is 1. The van der Waals surface area contributed by atoms with Gasteiger partial charge in [-0.15, -0.1) is 0 Å². The largest absolute Gasteiger partial charge is 0.520 e. The molecule has 15 heavy (non-hydrogen) atoms. The van der Waals surface area contributed by atoms with Crippen LogP contribution in [-0.2, 0) is 9.73 Å². The normalized spacial score (nSPS) is 15.8. The van der Waals surface area contributed by atoms with Gasteiger partial charge in [0.25, 0.3) is 9.73 Å². The van der Waals surface area contributed by atoms with Crippen LogP contribution in [0.3, 0.4) is 0 Å². The molecule has 0 fully saturated rings. The zero-order valence-corrected chi connectivity index (χ0v) is 9.10. The van der Waals surface area contributed by atoms with Gasteiger partial charge in [0.05, 0.1) is 4.90 Å². The molecule has 84 valence electrons. The predicted octanol–water partition coefficient (Wildman–Crippen LogP) is 2.31. The van der Waals surface area contributed by atoms with Crippen molar-refractivity contribution < 1.29 is 21.3 Å². The summed E-state index contributed by atoms with van der Waals surface area (Å²) in [6.07, 6.45) is 0. The average molecular weight is 238 g/mol. The van der Waals surface area contributed by atoms with Gasteiger partial charge in [-0.05, 0) is 12.1 Å². The Labute approximate surface area is 86.5 Å². The Bertz CT molecular complexity index is 454. The van der Waals surface area contributed by atoms with Crippen molar-refractivity contribution >= 4 is 9.73 Å². The molecule has 1 aromatic rings. The fourth-order valence-corrected chi connectivity index (χ4v) is 2.79. The molecular formula is C9H11F3NOS+. The summed E-state index contributed by atoms with van der Waals surface area (Å²) in [6.45, 7) is 0. The maximum Gasteiger partial charge on any atom is 0.520 e. The highest BCUT2D eigenvalue weighted by Gasteiger charge is 2.50. The smallest absolute Gasteiger partial charge is 0.191 e. The lowest BCUT2D eigenvalue weighted by Gasteiger charge is -2.11. The first-order valence-corrected chi connectivity index (χ1v) is 5.64. The zero-order chi connectivity index (χ0) is 11.7. The molecule has 0 heterocycles. The van der Waals surface area contributed by atoms with E-state index in [1.807, 2.05) is 0 Å². The van der Waals surface area contributed by atoms with Gasteiger partial charge in [0, 0.05) is 0 Å². The van der Waals surface area contributed by atoms with E-state index < -0.39 is 15.2 Å². The van der Waals surface area contributed by atoms with Gasteiger partial charge in [0.15, 0.2) is 0 Å². The first-order valence-electron chi connectivity index (χ1n) is 4.13. The van der Waals surface area contributed by atoms with Crippen LogP contribution in [0.15, 0.2) is 35.2 Å². The van der Waals surface area contributed by atoms with Crippen molar-refractivity contribution in [1.82, 2.24) is 0 Å². The maximum absolute atomic E-state index is 12.7. The molecule has 2 nitrogen and oxygen atoms in total. The summed E-state index contributed by atoms with van der Waals surface area (Å²) >= 11 is 0. The lowest BCUT2D eigenvalue weighted by Crippen LogP contribution is -2.30. The zero-order valence-electron chi connectivity index (χ0n) is 8.28. The van der Waals surface area contributed by atoms with Crippen LogP contribution in [0.5, 0.6) is 0 Å². The third kappa shape index (κ3) is 1.99. The van der Waals surface area contributed by atoms with Crippen molar-refractivity contribution in [2.45, 2.75) is 10.4 Å². The van der Waals surface area contributed by atoms with E-state index >= 15 is 0 Å². The topological polar surface area (TPSA) is 20.1 Å². The third-order valence-corrected chi connectivity index (χ3v) is 4.46. The Morgan fingerprint density at radius 1 is 1.13 bits per heavy atom. The van der Waals surface area contributed by atoms with Crippen LogP contribution in [-0.4, -0.2) is 27.8 Å². The molecule has 1 aromatic carbocycles. The van der Waals surface area contributed by atoms with Gasteiger partial charge in [0.2, 0.25) is 0 Å². The highest BCUT2D eigenvalue weighted by atomic mass is 32.2. The minimum absolute atomic E-state index is 0.220. The molecule has 0 spiro atoms. The van der Waals surface area contributed by atoms with Crippen LogP contribution in [0.25, 0.3) is 0 Å². The Morgan fingerprint density at radius 2 is 1.60 bits per heavy atom. The maximum atomic E-state index is 12.7. The van der Waals surface area contributed by atoms with Gasteiger partial charge < -0.3 is 0 Å². The quantitative estimate of drug-likeness (QED) is 0.687. The second-order valence-electron chi connectivity index (χ2n) is 3.10. The molecule has 0 radical (unpaired) electrons. The molecule has 0 aliphatic heterocycles. The van der Waals surface area contributed by atoms with Crippen molar-refractivity contribution in [3.8, 4) is 0 Å². The van der Waals surface area contributed by atoms with Gasteiger partial charge in [-0.2, -0.15) is 21.3 Å². The fourth-order valence-electron chi connectivity index (χ4n) is 1.16. The predicted molar refractivity (Wildman–Crippen MR) is 51.0 cm³/mol. The molecule has 1 atom stereocenters. The van der Waals surface area contributed by atoms with Crippen molar-refractivity contribution in [3.63, 3.8) is 0 Å². The molecule has 0 bridgehead atoms. The Hall–Kier alpha value is -1.04. The first kappa shape index (κ1) is 12.0. The molecule has 0 unspecified atom stereocenters. The van der Waals surface area contributed by atoms with E-state index in [-0.39, 0.29) is 4.90 Å². The van der Waals surface area contributed by atoms with Crippen molar-refractivity contribution in [2.75, 3.05) is 14.1 Å². The third-order valence-electron chi connectivity index (χ3n) is 1.89. The van der Waals surface area contributed by atoms with E-state index in [2.05, 4.69) is 0 Å². The Morgan fingerprint density at radius 3 is 1.93 bits per heavy atom. The van der Waals surface area contributed by atoms with Crippen LogP contribution in [0.2, 0.25) is 0 Å². The Kier molecular flexibility index (Phi) is 3.08. The average Bonchev–Trinajstić information content (AvgIpc) is 2.16. The van der Waals surface area contributed by atoms with Gasteiger partial charge in [-0.3, -0.25) is 0 Å². The van der Waals surface area contributed by atoms with Crippen molar-refractivity contribution in [2.24, 2.45) is 0 Å². The summed E-state index contributed by atoms with van der Waals surface area (Å²) < 4.78 is 50.8. The van der Waals surface area contributed by atoms with Gasteiger partial charge in [-0.1, -0.05) is 18.2 Å². The lowest BCUT2D eigenvalue weighted by molar-refractivity contribution is -0.445. The molecule has 0 aliphatic carbocycles. The summed E-state index contributed by atoms with van der Waals surface area (Å²) in [5.74, 6) is 0. The number of alkyl halides is 3. The fraction of sp³-hybridized carbons (Fsp3) is 0.333. The van der Waals surface area contributed by atoms with E-state index in [9.17, 15) is 17.4 Å². The number of halogens is 3. The summed E-state index contributed by atoms with van der Waals surface area (Å²) in [5.41, 5.74) is -4.77. The van der Waals surface area contributed by atoms with Crippen LogP contribution < -0.4 is 0 Å². The number of hydrogen-bond donors (Lipinski definition) is 0. The van der Waals surface area contributed by atoms with E-state index in [1.165, 1.54) is 24.3 Å². The van der Waals surface area contributed by atoms with Gasteiger partial charge in [0.1, 0.15) is 14.1 Å². The van der Waals surface area contributed by atoms with Crippen LogP contribution >= 0.6 is 0 Å². The minimum Gasteiger partial charge on any atom is -0.191 e. The summed E-state index contributed by atoms with van der Waals surface area (Å²) in [6, 6.07) is 6.88. The summed E-state index contributed by atoms with van der Waals surface area (Å²) in [4.78, 5) is -0.220. The van der Waals surface area contributed by atoms with Crippen molar-refractivity contribution in [3.05, 3.63) is 30.3 Å². The molecule has 0 N–H and O–H groups in total. The lowest BCUT2D eigenvalue weighted by atomic mass is 10.4. The number of benzene rings is 1. The molecule has 0 amide bonds. The highest BCUT2D eigenvalue weighted by Crippen LogP contribution is 2.31. The molecule has 1 rings (SSSR count). The molecule has 0 aromatic heterocycles.